The Labute approximate surface area is 209 Å². The van der Waals surface area contributed by atoms with Crippen LogP contribution in [0.15, 0.2) is 30.3 Å². The molecule has 8 nitrogen and oxygen atoms in total. The summed E-state index contributed by atoms with van der Waals surface area (Å²) in [5.74, 6) is 0.428. The number of nitrogens with one attached hydrogen (secondary N) is 1. The van der Waals surface area contributed by atoms with Gasteiger partial charge in [-0.3, -0.25) is 9.69 Å². The van der Waals surface area contributed by atoms with E-state index in [1.807, 2.05) is 0 Å². The fourth-order valence-corrected chi connectivity index (χ4v) is 6.17. The van der Waals surface area contributed by atoms with E-state index in [1.54, 1.807) is 4.90 Å². The molecule has 3 aliphatic rings. The molecule has 0 atom stereocenters. The smallest absolute Gasteiger partial charge is 0.321 e. The summed E-state index contributed by atoms with van der Waals surface area (Å²) < 4.78 is 5.21. The van der Waals surface area contributed by atoms with E-state index in [1.165, 1.54) is 24.8 Å². The molecule has 35 heavy (non-hydrogen) atoms. The summed E-state index contributed by atoms with van der Waals surface area (Å²) >= 11 is 0. The summed E-state index contributed by atoms with van der Waals surface area (Å²) in [6.45, 7) is 2.46. The Morgan fingerprint density at radius 2 is 1.86 bits per heavy atom. The Balaban J connectivity index is 1.45. The maximum absolute atomic E-state index is 13.6. The monoisotopic (exact) mass is 486 g/mol. The molecule has 1 spiro atoms. The van der Waals surface area contributed by atoms with Gasteiger partial charge >= 0.3 is 6.03 Å². The molecular formula is C27H42N4O4. The van der Waals surface area contributed by atoms with Crippen LogP contribution in [0.4, 0.5) is 4.79 Å². The maximum atomic E-state index is 13.6. The van der Waals surface area contributed by atoms with Crippen molar-refractivity contribution in [1.29, 1.82) is 0 Å². The molecule has 1 aliphatic heterocycles. The largest absolute Gasteiger partial charge is 0.394 e. The summed E-state index contributed by atoms with van der Waals surface area (Å²) in [7, 11) is 4.33. The van der Waals surface area contributed by atoms with Crippen molar-refractivity contribution in [3.8, 4) is 0 Å². The van der Waals surface area contributed by atoms with Crippen molar-refractivity contribution < 1.29 is 19.4 Å². The van der Waals surface area contributed by atoms with Gasteiger partial charge in [0.25, 0.3) is 0 Å². The van der Waals surface area contributed by atoms with E-state index in [2.05, 4.69) is 59.5 Å². The van der Waals surface area contributed by atoms with E-state index in [9.17, 15) is 9.59 Å². The number of carbonyl (C=O) groups excluding carboxylic acids is 2. The zero-order valence-electron chi connectivity index (χ0n) is 21.4. The quantitative estimate of drug-likeness (QED) is 0.469. The molecule has 0 bridgehead atoms. The lowest BCUT2D eigenvalue weighted by Crippen LogP contribution is -2.56. The molecule has 2 aliphatic carbocycles. The minimum Gasteiger partial charge on any atom is -0.394 e. The van der Waals surface area contributed by atoms with E-state index >= 15 is 0 Å². The standard InChI is InChI=1S/C27H42N4O4/c1-29(2)27(23-9-4-3-5-10-23)13-11-26(12-14-27)21-30(20-24(33)28-15-17-35-18-16-32)25(34)31(26)19-22-7-6-8-22/h3-5,9-10,22,32H,6-8,11-21H2,1-2H3,(H,28,33). The zero-order valence-corrected chi connectivity index (χ0v) is 21.4. The van der Waals surface area contributed by atoms with Crippen LogP contribution in [0.1, 0.15) is 50.5 Å². The topological polar surface area (TPSA) is 85.4 Å². The maximum Gasteiger partial charge on any atom is 0.321 e. The van der Waals surface area contributed by atoms with E-state index in [-0.39, 0.29) is 42.8 Å². The van der Waals surface area contributed by atoms with E-state index in [4.69, 9.17) is 9.84 Å². The molecule has 1 aromatic rings. The van der Waals surface area contributed by atoms with E-state index in [0.29, 0.717) is 25.6 Å². The molecule has 2 N–H and O–H groups in total. The van der Waals surface area contributed by atoms with Crippen molar-refractivity contribution in [2.24, 2.45) is 5.92 Å². The first-order valence-electron chi connectivity index (χ1n) is 13.1. The molecule has 3 amide bonds. The highest BCUT2D eigenvalue weighted by atomic mass is 16.5. The minimum absolute atomic E-state index is 0.0145. The number of aliphatic hydroxyl groups excluding tert-OH is 1. The lowest BCUT2D eigenvalue weighted by Gasteiger charge is -2.51. The van der Waals surface area contributed by atoms with Crippen LogP contribution in [0.5, 0.6) is 0 Å². The molecule has 2 saturated carbocycles. The van der Waals surface area contributed by atoms with Gasteiger partial charge in [-0.05, 0) is 64.1 Å². The van der Waals surface area contributed by atoms with Crippen LogP contribution >= 0.6 is 0 Å². The Kier molecular flexibility index (Phi) is 8.34. The summed E-state index contributed by atoms with van der Waals surface area (Å²) in [6, 6.07) is 10.8. The summed E-state index contributed by atoms with van der Waals surface area (Å²) in [6.07, 6.45) is 7.49. The average molecular weight is 487 g/mol. The van der Waals surface area contributed by atoms with Crippen molar-refractivity contribution >= 4 is 11.9 Å². The predicted octanol–water partition coefficient (Wildman–Crippen LogP) is 2.42. The van der Waals surface area contributed by atoms with Gasteiger partial charge in [0, 0.05) is 25.2 Å². The number of hydrogen-bond acceptors (Lipinski definition) is 5. The average Bonchev–Trinajstić information content (AvgIpc) is 3.07. The van der Waals surface area contributed by atoms with Gasteiger partial charge in [0.15, 0.2) is 0 Å². The lowest BCUT2D eigenvalue weighted by atomic mass is 9.68. The molecular weight excluding hydrogens is 444 g/mol. The molecule has 0 unspecified atom stereocenters. The normalized spacial score (nSPS) is 27.0. The molecule has 1 aromatic carbocycles. The Morgan fingerprint density at radius 1 is 1.14 bits per heavy atom. The Morgan fingerprint density at radius 3 is 2.46 bits per heavy atom. The second kappa shape index (κ2) is 11.3. The first kappa shape index (κ1) is 25.9. The van der Waals surface area contributed by atoms with Gasteiger partial charge in [-0.15, -0.1) is 0 Å². The molecule has 8 heteroatoms. The molecule has 4 rings (SSSR count). The van der Waals surface area contributed by atoms with Crippen LogP contribution in [0.3, 0.4) is 0 Å². The fourth-order valence-electron chi connectivity index (χ4n) is 6.17. The first-order valence-corrected chi connectivity index (χ1v) is 13.1. The number of aliphatic hydroxyl groups is 1. The second-order valence-corrected chi connectivity index (χ2v) is 10.7. The Hall–Kier alpha value is -2.16. The molecule has 1 saturated heterocycles. The second-order valence-electron chi connectivity index (χ2n) is 10.7. The van der Waals surface area contributed by atoms with Crippen molar-refractivity contribution in [1.82, 2.24) is 20.0 Å². The van der Waals surface area contributed by atoms with Crippen molar-refractivity contribution in [2.75, 3.05) is 60.1 Å². The van der Waals surface area contributed by atoms with Crippen molar-refractivity contribution in [2.45, 2.75) is 56.0 Å². The number of hydrogen-bond donors (Lipinski definition) is 2. The van der Waals surface area contributed by atoms with Crippen LogP contribution in [0.2, 0.25) is 0 Å². The van der Waals surface area contributed by atoms with E-state index in [0.717, 1.165) is 32.2 Å². The molecule has 0 radical (unpaired) electrons. The molecule has 0 aromatic heterocycles. The third-order valence-electron chi connectivity index (χ3n) is 8.54. The van der Waals surface area contributed by atoms with Crippen LogP contribution in [-0.4, -0.2) is 97.4 Å². The highest BCUT2D eigenvalue weighted by molar-refractivity contribution is 5.86. The number of ether oxygens (including phenoxy) is 1. The van der Waals surface area contributed by atoms with Crippen LogP contribution in [-0.2, 0) is 15.1 Å². The van der Waals surface area contributed by atoms with Gasteiger partial charge < -0.3 is 25.0 Å². The molecule has 3 fully saturated rings. The first-order chi connectivity index (χ1) is 16.9. The molecule has 1 heterocycles. The summed E-state index contributed by atoms with van der Waals surface area (Å²) in [5.41, 5.74) is 1.11. The Bertz CT molecular complexity index is 850. The lowest BCUT2D eigenvalue weighted by molar-refractivity contribution is -0.121. The van der Waals surface area contributed by atoms with Gasteiger partial charge in [0.2, 0.25) is 5.91 Å². The third-order valence-corrected chi connectivity index (χ3v) is 8.54. The van der Waals surface area contributed by atoms with Gasteiger partial charge in [-0.25, -0.2) is 4.79 Å². The fraction of sp³-hybridized carbons (Fsp3) is 0.704. The van der Waals surface area contributed by atoms with Crippen molar-refractivity contribution in [3.05, 3.63) is 35.9 Å². The van der Waals surface area contributed by atoms with Gasteiger partial charge in [-0.1, -0.05) is 36.8 Å². The van der Waals surface area contributed by atoms with Crippen LogP contribution in [0.25, 0.3) is 0 Å². The highest BCUT2D eigenvalue weighted by Crippen LogP contribution is 2.49. The highest BCUT2D eigenvalue weighted by Gasteiger charge is 2.55. The predicted molar refractivity (Wildman–Crippen MR) is 135 cm³/mol. The van der Waals surface area contributed by atoms with Crippen molar-refractivity contribution in [3.63, 3.8) is 0 Å². The number of carbonyl (C=O) groups is 2. The number of urea groups is 1. The van der Waals surface area contributed by atoms with Gasteiger partial charge in [0.05, 0.1) is 25.4 Å². The van der Waals surface area contributed by atoms with Gasteiger partial charge in [0.1, 0.15) is 6.54 Å². The zero-order chi connectivity index (χ0) is 24.9. The number of rotatable bonds is 11. The number of amides is 3. The molecule has 194 valence electrons. The number of nitrogens with zero attached hydrogens (tertiary/aromatic N) is 3. The van der Waals surface area contributed by atoms with Crippen LogP contribution < -0.4 is 5.32 Å². The van der Waals surface area contributed by atoms with E-state index < -0.39 is 0 Å². The third kappa shape index (κ3) is 5.49. The summed E-state index contributed by atoms with van der Waals surface area (Å²) in [4.78, 5) is 32.4. The SMILES string of the molecule is CN(C)C1(c2ccccc2)CCC2(CC1)CN(CC(=O)NCCOCCO)C(=O)N2CC1CCC1. The number of benzene rings is 1. The summed E-state index contributed by atoms with van der Waals surface area (Å²) in [5, 5.41) is 11.6. The van der Waals surface area contributed by atoms with Gasteiger partial charge in [-0.2, -0.15) is 0 Å². The van der Waals surface area contributed by atoms with Crippen LogP contribution in [0, 0.1) is 5.92 Å². The minimum atomic E-state index is -0.203.